The molecule has 4 rings (SSSR count). The lowest BCUT2D eigenvalue weighted by molar-refractivity contribution is -0.357. The van der Waals surface area contributed by atoms with Gasteiger partial charge in [-0.15, -0.1) is 0 Å². The van der Waals surface area contributed by atoms with Gasteiger partial charge in [0, 0.05) is 11.8 Å². The summed E-state index contributed by atoms with van der Waals surface area (Å²) in [6, 6.07) is 0. The minimum atomic E-state index is -2.71. The van der Waals surface area contributed by atoms with Crippen molar-refractivity contribution in [2.24, 2.45) is 16.7 Å². The third-order valence-corrected chi connectivity index (χ3v) is 7.24. The summed E-state index contributed by atoms with van der Waals surface area (Å²) in [7, 11) is 0.982. The zero-order chi connectivity index (χ0) is 19.3. The number of ether oxygens (including phenoxy) is 3. The van der Waals surface area contributed by atoms with Gasteiger partial charge in [-0.3, -0.25) is 4.79 Å². The van der Waals surface area contributed by atoms with E-state index in [1.807, 2.05) is 0 Å². The molecule has 0 radical (unpaired) electrons. The van der Waals surface area contributed by atoms with Gasteiger partial charge in [-0.2, -0.15) is 0 Å². The van der Waals surface area contributed by atoms with Crippen molar-refractivity contribution in [3.05, 3.63) is 0 Å². The first-order valence-electron chi connectivity index (χ1n) is 8.31. The number of aliphatic hydroxyl groups is 4. The number of fused-ring (bicyclic) bond motifs is 2. The molecule has 10 nitrogen and oxygen atoms in total. The number of methoxy groups -OCH3 is 1. The van der Waals surface area contributed by atoms with Crippen LogP contribution in [-0.2, 0) is 28.6 Å². The van der Waals surface area contributed by atoms with E-state index in [1.54, 1.807) is 0 Å². The van der Waals surface area contributed by atoms with Crippen LogP contribution in [-0.4, -0.2) is 81.6 Å². The van der Waals surface area contributed by atoms with E-state index in [0.717, 1.165) is 7.11 Å². The summed E-state index contributed by atoms with van der Waals surface area (Å²) in [4.78, 5) is 37.4. The van der Waals surface area contributed by atoms with Crippen molar-refractivity contribution in [1.82, 2.24) is 0 Å². The lowest BCUT2D eigenvalue weighted by Crippen LogP contribution is -2.88. The molecule has 4 aliphatic rings. The van der Waals surface area contributed by atoms with Crippen molar-refractivity contribution in [3.8, 4) is 0 Å². The van der Waals surface area contributed by atoms with E-state index in [9.17, 15) is 34.8 Å². The van der Waals surface area contributed by atoms with Gasteiger partial charge in [0.15, 0.2) is 11.5 Å². The summed E-state index contributed by atoms with van der Waals surface area (Å²) in [6.07, 6.45) is -5.34. The van der Waals surface area contributed by atoms with Crippen LogP contribution in [0.3, 0.4) is 0 Å². The first-order valence-corrected chi connectivity index (χ1v) is 8.31. The Balaban J connectivity index is 2.05. The molecule has 2 bridgehead atoms. The fourth-order valence-electron chi connectivity index (χ4n) is 5.78. The summed E-state index contributed by atoms with van der Waals surface area (Å²) < 4.78 is 14.5. The number of hydrogen-bond donors (Lipinski definition) is 4. The lowest BCUT2D eigenvalue weighted by Gasteiger charge is -2.68. The van der Waals surface area contributed by atoms with Crippen LogP contribution in [0.5, 0.6) is 0 Å². The largest absolute Gasteiger partial charge is 0.467 e. The van der Waals surface area contributed by atoms with Crippen LogP contribution in [0.1, 0.15) is 19.8 Å². The van der Waals surface area contributed by atoms with Crippen LogP contribution >= 0.6 is 0 Å². The molecule has 2 aliphatic heterocycles. The van der Waals surface area contributed by atoms with Crippen molar-refractivity contribution in [2.45, 2.75) is 49.3 Å². The summed E-state index contributed by atoms with van der Waals surface area (Å²) >= 11 is 0. The number of aliphatic hydroxyl groups excluding tert-OH is 2. The quantitative estimate of drug-likeness (QED) is 0.280. The molecule has 2 aliphatic carbocycles. The number of hydrogen-bond acceptors (Lipinski definition) is 10. The van der Waals surface area contributed by atoms with Crippen molar-refractivity contribution in [2.75, 3.05) is 13.7 Å². The molecule has 1 unspecified atom stereocenters. The van der Waals surface area contributed by atoms with Gasteiger partial charge in [-0.1, -0.05) is 6.92 Å². The van der Waals surface area contributed by atoms with Crippen LogP contribution < -0.4 is 0 Å². The SMILES string of the molecule is COC(=O)[C@]1(O)[C@H]2C[C@]3([C@H](C)[C@@H](O)C[C@]3(O)C13COC3=O)[C@@H](O)C(=O)O2. The number of carbonyl (C=O) groups is 3. The van der Waals surface area contributed by atoms with Crippen LogP contribution in [0, 0.1) is 16.7 Å². The highest BCUT2D eigenvalue weighted by atomic mass is 16.6. The normalized spacial score (nSPS) is 54.8. The highest BCUT2D eigenvalue weighted by Crippen LogP contribution is 2.72. The van der Waals surface area contributed by atoms with Gasteiger partial charge in [0.25, 0.3) is 0 Å². The van der Waals surface area contributed by atoms with E-state index in [0.29, 0.717) is 0 Å². The molecule has 0 aromatic heterocycles. The number of esters is 3. The van der Waals surface area contributed by atoms with Crippen LogP contribution in [0.2, 0.25) is 0 Å². The van der Waals surface area contributed by atoms with Crippen LogP contribution in [0.25, 0.3) is 0 Å². The second-order valence-electron chi connectivity index (χ2n) is 7.73. The molecule has 2 heterocycles. The van der Waals surface area contributed by atoms with Crippen LogP contribution in [0.4, 0.5) is 0 Å². The van der Waals surface area contributed by atoms with Gasteiger partial charge in [-0.25, -0.2) is 9.59 Å². The maximum atomic E-state index is 12.6. The molecule has 2 spiro atoms. The number of carbonyl (C=O) groups excluding carboxylic acids is 3. The molecule has 2 saturated heterocycles. The number of cyclic esters (lactones) is 1. The first-order chi connectivity index (χ1) is 12.0. The predicted octanol–water partition coefficient (Wildman–Crippen LogP) is -2.76. The van der Waals surface area contributed by atoms with E-state index in [2.05, 4.69) is 4.74 Å². The maximum absolute atomic E-state index is 12.6. The first kappa shape index (κ1) is 17.7. The van der Waals surface area contributed by atoms with E-state index >= 15 is 0 Å². The zero-order valence-electron chi connectivity index (χ0n) is 14.2. The van der Waals surface area contributed by atoms with E-state index in [1.165, 1.54) is 6.92 Å². The molecular formula is C16H20O10. The zero-order valence-corrected chi connectivity index (χ0v) is 14.2. The molecule has 0 aromatic rings. The summed E-state index contributed by atoms with van der Waals surface area (Å²) in [5.41, 5.74) is -8.92. The molecule has 144 valence electrons. The smallest absolute Gasteiger partial charge is 0.343 e. The fraction of sp³-hybridized carbons (Fsp3) is 0.812. The van der Waals surface area contributed by atoms with Crippen molar-refractivity contribution in [3.63, 3.8) is 0 Å². The van der Waals surface area contributed by atoms with E-state index in [4.69, 9.17) is 9.47 Å². The van der Waals surface area contributed by atoms with Gasteiger partial charge < -0.3 is 34.6 Å². The van der Waals surface area contributed by atoms with Gasteiger partial charge in [0.1, 0.15) is 12.7 Å². The minimum absolute atomic E-state index is 0.324. The van der Waals surface area contributed by atoms with E-state index in [-0.39, 0.29) is 6.42 Å². The second-order valence-corrected chi connectivity index (χ2v) is 7.73. The van der Waals surface area contributed by atoms with Crippen molar-refractivity contribution < 1.29 is 49.0 Å². The topological polar surface area (TPSA) is 160 Å². The second kappa shape index (κ2) is 4.75. The molecule has 2 saturated carbocycles. The van der Waals surface area contributed by atoms with E-state index < -0.39 is 77.2 Å². The maximum Gasteiger partial charge on any atom is 0.343 e. The van der Waals surface area contributed by atoms with Crippen LogP contribution in [0.15, 0.2) is 0 Å². The minimum Gasteiger partial charge on any atom is -0.467 e. The Hall–Kier alpha value is -1.75. The Morgan fingerprint density at radius 2 is 1.88 bits per heavy atom. The third-order valence-electron chi connectivity index (χ3n) is 7.24. The third kappa shape index (κ3) is 1.38. The molecule has 10 heteroatoms. The van der Waals surface area contributed by atoms with Gasteiger partial charge in [0.2, 0.25) is 5.60 Å². The Morgan fingerprint density at radius 3 is 2.38 bits per heavy atom. The molecule has 8 atom stereocenters. The van der Waals surface area contributed by atoms with Gasteiger partial charge in [-0.05, 0) is 12.3 Å². The molecule has 4 fully saturated rings. The van der Waals surface area contributed by atoms with Gasteiger partial charge >= 0.3 is 17.9 Å². The van der Waals surface area contributed by atoms with Gasteiger partial charge in [0.05, 0.1) is 18.8 Å². The highest BCUT2D eigenvalue weighted by Gasteiger charge is 2.91. The fourth-order valence-corrected chi connectivity index (χ4v) is 5.78. The molecule has 4 N–H and O–H groups in total. The van der Waals surface area contributed by atoms with Crippen molar-refractivity contribution in [1.29, 1.82) is 0 Å². The average Bonchev–Trinajstić information content (AvgIpc) is 2.78. The summed E-state index contributed by atoms with van der Waals surface area (Å²) in [5.74, 6) is -4.30. The monoisotopic (exact) mass is 372 g/mol. The Bertz CT molecular complexity index is 722. The molecule has 0 amide bonds. The standard InChI is InChI=1S/C16H20O10/c1-6-7(17)3-15(22)13(6)4-8(26-10(19)9(13)18)16(23,12(21)24-2)14(15)5-25-11(14)20/h6-9,17-18,22-23H,3-5H2,1-2H3/t6-,7+,8-,9+,13+,14?,15-,16-/m1/s1. The molecule has 0 aromatic carbocycles. The molecule has 26 heavy (non-hydrogen) atoms. The highest BCUT2D eigenvalue weighted by molar-refractivity contribution is 5.97. The summed E-state index contributed by atoms with van der Waals surface area (Å²) in [6.45, 7) is 0.984. The molecular weight excluding hydrogens is 352 g/mol. The Kier molecular flexibility index (Phi) is 3.22. The Labute approximate surface area is 147 Å². The Morgan fingerprint density at radius 1 is 1.23 bits per heavy atom. The predicted molar refractivity (Wildman–Crippen MR) is 78.0 cm³/mol. The summed E-state index contributed by atoms with van der Waals surface area (Å²) in [5, 5.41) is 44.0. The number of rotatable bonds is 1. The van der Waals surface area contributed by atoms with Crippen molar-refractivity contribution >= 4 is 17.9 Å². The lowest BCUT2D eigenvalue weighted by atomic mass is 9.42. The average molecular weight is 372 g/mol.